The van der Waals surface area contributed by atoms with Gasteiger partial charge in [-0.2, -0.15) is 5.10 Å². The van der Waals surface area contributed by atoms with Gasteiger partial charge in [0, 0.05) is 19.7 Å². The van der Waals surface area contributed by atoms with Crippen molar-refractivity contribution in [1.29, 1.82) is 0 Å². The third-order valence-electron chi connectivity index (χ3n) is 4.24. The van der Waals surface area contributed by atoms with E-state index in [1.54, 1.807) is 45.6 Å². The summed E-state index contributed by atoms with van der Waals surface area (Å²) in [6.07, 6.45) is 4.41. The first-order valence-electron chi connectivity index (χ1n) is 9.53. The van der Waals surface area contributed by atoms with Gasteiger partial charge in [-0.1, -0.05) is 0 Å². The molecule has 2 aromatic carbocycles. The molecule has 0 bridgehead atoms. The minimum absolute atomic E-state index is 0.0722. The Morgan fingerprint density at radius 1 is 1.00 bits per heavy atom. The van der Waals surface area contributed by atoms with Crippen molar-refractivity contribution in [3.05, 3.63) is 53.6 Å². The van der Waals surface area contributed by atoms with Gasteiger partial charge in [-0.3, -0.25) is 4.79 Å². The molecule has 0 aliphatic rings. The topological polar surface area (TPSA) is 86.4 Å². The first kappa shape index (κ1) is 22.1. The number of hydrazone groups is 1. The van der Waals surface area contributed by atoms with Crippen molar-refractivity contribution < 1.29 is 19.0 Å². The van der Waals surface area contributed by atoms with Crippen molar-refractivity contribution in [1.82, 2.24) is 4.90 Å². The van der Waals surface area contributed by atoms with Crippen molar-refractivity contribution >= 4 is 12.1 Å². The standard InChI is InChI=1S/C22H29N3O4/c1-25(2)22(26)18-9-12-20(21(15-18)27-3)29-14-6-4-5-13-28-19-10-7-17(8-11-19)16-24-23/h7-12,15-16H,4-6,13-14,23H2,1-3H3. The van der Waals surface area contributed by atoms with Crippen molar-refractivity contribution in [2.24, 2.45) is 10.9 Å². The van der Waals surface area contributed by atoms with E-state index in [1.165, 1.54) is 4.90 Å². The summed E-state index contributed by atoms with van der Waals surface area (Å²) in [5.41, 5.74) is 1.51. The monoisotopic (exact) mass is 399 g/mol. The number of unbranched alkanes of at least 4 members (excludes halogenated alkanes) is 2. The molecule has 0 spiro atoms. The van der Waals surface area contributed by atoms with E-state index >= 15 is 0 Å². The number of hydrogen-bond donors (Lipinski definition) is 1. The fourth-order valence-corrected chi connectivity index (χ4v) is 2.67. The van der Waals surface area contributed by atoms with Crippen molar-refractivity contribution in [2.75, 3.05) is 34.4 Å². The van der Waals surface area contributed by atoms with E-state index in [4.69, 9.17) is 20.1 Å². The fraction of sp³-hybridized carbons (Fsp3) is 0.364. The number of amides is 1. The smallest absolute Gasteiger partial charge is 0.253 e. The molecule has 2 N–H and O–H groups in total. The average Bonchev–Trinajstić information content (AvgIpc) is 2.73. The predicted molar refractivity (Wildman–Crippen MR) is 114 cm³/mol. The van der Waals surface area contributed by atoms with Crippen LogP contribution in [0.2, 0.25) is 0 Å². The van der Waals surface area contributed by atoms with E-state index in [-0.39, 0.29) is 5.91 Å². The second-order valence-electron chi connectivity index (χ2n) is 6.67. The van der Waals surface area contributed by atoms with Gasteiger partial charge in [0.2, 0.25) is 0 Å². The number of rotatable bonds is 11. The van der Waals surface area contributed by atoms with Crippen LogP contribution in [0.15, 0.2) is 47.6 Å². The van der Waals surface area contributed by atoms with E-state index in [0.29, 0.717) is 30.3 Å². The van der Waals surface area contributed by atoms with Gasteiger partial charge in [0.05, 0.1) is 26.5 Å². The molecule has 2 rings (SSSR count). The third-order valence-corrected chi connectivity index (χ3v) is 4.24. The Kier molecular flexibility index (Phi) is 8.82. The summed E-state index contributed by atoms with van der Waals surface area (Å²) < 4.78 is 16.9. The van der Waals surface area contributed by atoms with Crippen LogP contribution in [0.1, 0.15) is 35.2 Å². The van der Waals surface area contributed by atoms with Crippen LogP contribution in [-0.2, 0) is 0 Å². The lowest BCUT2D eigenvalue weighted by molar-refractivity contribution is 0.0827. The van der Waals surface area contributed by atoms with Gasteiger partial charge in [-0.15, -0.1) is 0 Å². The molecule has 0 unspecified atom stereocenters. The number of nitrogens with two attached hydrogens (primary N) is 1. The first-order chi connectivity index (χ1) is 14.0. The third kappa shape index (κ3) is 7.03. The number of carbonyl (C=O) groups is 1. The summed E-state index contributed by atoms with van der Waals surface area (Å²) in [6, 6.07) is 12.8. The molecule has 7 heteroatoms. The largest absolute Gasteiger partial charge is 0.494 e. The lowest BCUT2D eigenvalue weighted by Crippen LogP contribution is -2.21. The van der Waals surface area contributed by atoms with Crippen molar-refractivity contribution in [2.45, 2.75) is 19.3 Å². The van der Waals surface area contributed by atoms with Crippen LogP contribution in [0.25, 0.3) is 0 Å². The van der Waals surface area contributed by atoms with Crippen LogP contribution in [0.3, 0.4) is 0 Å². The maximum atomic E-state index is 12.0. The Bertz CT molecular complexity index is 804. The van der Waals surface area contributed by atoms with Gasteiger partial charge >= 0.3 is 0 Å². The summed E-state index contributed by atoms with van der Waals surface area (Å²) >= 11 is 0. The number of ether oxygens (including phenoxy) is 3. The molecule has 156 valence electrons. The summed E-state index contributed by atoms with van der Waals surface area (Å²) in [4.78, 5) is 13.6. The molecule has 0 saturated carbocycles. The van der Waals surface area contributed by atoms with Crippen molar-refractivity contribution in [3.8, 4) is 17.2 Å². The molecule has 0 radical (unpaired) electrons. The molecule has 0 atom stereocenters. The molecule has 0 aliphatic carbocycles. The predicted octanol–water partition coefficient (Wildman–Crippen LogP) is 3.32. The Labute approximate surface area is 172 Å². The molecule has 0 heterocycles. The Hall–Kier alpha value is -3.22. The molecule has 7 nitrogen and oxygen atoms in total. The van der Waals surface area contributed by atoms with E-state index in [2.05, 4.69) is 5.10 Å². The Balaban J connectivity index is 1.69. The van der Waals surface area contributed by atoms with E-state index in [0.717, 1.165) is 30.6 Å². The average molecular weight is 399 g/mol. The van der Waals surface area contributed by atoms with Crippen molar-refractivity contribution in [3.63, 3.8) is 0 Å². The Morgan fingerprint density at radius 2 is 1.69 bits per heavy atom. The number of benzene rings is 2. The molecule has 0 fully saturated rings. The number of hydrogen-bond acceptors (Lipinski definition) is 6. The normalized spacial score (nSPS) is 10.7. The SMILES string of the molecule is COc1cc(C(=O)N(C)C)ccc1OCCCCCOc1ccc(C=NN)cc1. The molecule has 1 amide bonds. The molecule has 0 aliphatic heterocycles. The fourth-order valence-electron chi connectivity index (χ4n) is 2.67. The molecule has 2 aromatic rings. The highest BCUT2D eigenvalue weighted by Gasteiger charge is 2.12. The Morgan fingerprint density at radius 3 is 2.31 bits per heavy atom. The van der Waals surface area contributed by atoms with Gasteiger partial charge in [0.1, 0.15) is 5.75 Å². The van der Waals surface area contributed by atoms with Crippen LogP contribution >= 0.6 is 0 Å². The zero-order chi connectivity index (χ0) is 21.1. The summed E-state index contributed by atoms with van der Waals surface area (Å²) in [5.74, 6) is 7.08. The van der Waals surface area contributed by atoms with Crippen LogP contribution in [0.4, 0.5) is 0 Å². The highest BCUT2D eigenvalue weighted by Crippen LogP contribution is 2.28. The van der Waals surface area contributed by atoms with Gasteiger partial charge in [-0.05, 0) is 67.3 Å². The van der Waals surface area contributed by atoms with Gasteiger partial charge < -0.3 is 25.0 Å². The minimum Gasteiger partial charge on any atom is -0.494 e. The maximum absolute atomic E-state index is 12.0. The van der Waals surface area contributed by atoms with E-state index in [9.17, 15) is 4.79 Å². The number of carbonyl (C=O) groups excluding carboxylic acids is 1. The van der Waals surface area contributed by atoms with Crippen LogP contribution < -0.4 is 20.1 Å². The van der Waals surface area contributed by atoms with E-state index in [1.807, 2.05) is 24.3 Å². The van der Waals surface area contributed by atoms with E-state index < -0.39 is 0 Å². The zero-order valence-corrected chi connectivity index (χ0v) is 17.3. The molecule has 0 saturated heterocycles. The molecular weight excluding hydrogens is 370 g/mol. The van der Waals surface area contributed by atoms with Gasteiger partial charge in [-0.25, -0.2) is 0 Å². The number of nitrogens with zero attached hydrogens (tertiary/aromatic N) is 2. The van der Waals surface area contributed by atoms with Crippen LogP contribution in [-0.4, -0.2) is 51.4 Å². The molecule has 0 aromatic heterocycles. The summed E-state index contributed by atoms with van der Waals surface area (Å²) in [6.45, 7) is 1.22. The van der Waals surface area contributed by atoms with Crippen LogP contribution in [0, 0.1) is 0 Å². The lowest BCUT2D eigenvalue weighted by Gasteiger charge is -2.14. The highest BCUT2D eigenvalue weighted by atomic mass is 16.5. The van der Waals surface area contributed by atoms with Crippen LogP contribution in [0.5, 0.6) is 17.2 Å². The quantitative estimate of drug-likeness (QED) is 0.271. The minimum atomic E-state index is -0.0722. The zero-order valence-electron chi connectivity index (χ0n) is 17.3. The summed E-state index contributed by atoms with van der Waals surface area (Å²) in [5, 5.41) is 3.49. The second-order valence-corrected chi connectivity index (χ2v) is 6.67. The number of methoxy groups -OCH3 is 1. The first-order valence-corrected chi connectivity index (χ1v) is 9.53. The maximum Gasteiger partial charge on any atom is 0.253 e. The second kappa shape index (κ2) is 11.6. The van der Waals surface area contributed by atoms with Gasteiger partial charge in [0.25, 0.3) is 5.91 Å². The van der Waals surface area contributed by atoms with Gasteiger partial charge in [0.15, 0.2) is 11.5 Å². The summed E-state index contributed by atoms with van der Waals surface area (Å²) in [7, 11) is 5.00. The highest BCUT2D eigenvalue weighted by molar-refractivity contribution is 5.94. The molecule has 29 heavy (non-hydrogen) atoms. The lowest BCUT2D eigenvalue weighted by atomic mass is 10.2. The molecular formula is C22H29N3O4.